The lowest BCUT2D eigenvalue weighted by Gasteiger charge is -2.21. The predicted octanol–water partition coefficient (Wildman–Crippen LogP) is 7.05. The van der Waals surface area contributed by atoms with Gasteiger partial charge in [0.1, 0.15) is 17.1 Å². The largest absolute Gasteiger partial charge is 0.270 e. The van der Waals surface area contributed by atoms with E-state index in [1.165, 1.54) is 97.5 Å². The molecule has 1 atom stereocenters. The van der Waals surface area contributed by atoms with Crippen molar-refractivity contribution in [2.45, 2.75) is 83.4 Å². The van der Waals surface area contributed by atoms with Crippen LogP contribution in [0.1, 0.15) is 99.3 Å². The fourth-order valence-corrected chi connectivity index (χ4v) is 6.71. The topological polar surface area (TPSA) is 8.81 Å². The summed E-state index contributed by atoms with van der Waals surface area (Å²) in [5.74, 6) is 1.73. The highest BCUT2D eigenvalue weighted by molar-refractivity contribution is 5.56. The summed E-state index contributed by atoms with van der Waals surface area (Å²) in [5.41, 5.74) is 7.62. The minimum absolute atomic E-state index is 0.406. The minimum Gasteiger partial charge on any atom is -0.196 e. The maximum absolute atomic E-state index is 10.1. The lowest BCUT2D eigenvalue weighted by atomic mass is 9.83. The van der Waals surface area contributed by atoms with Crippen LogP contribution < -0.4 is 4.57 Å². The number of hydrogen-bond acceptors (Lipinski definition) is 0. The van der Waals surface area contributed by atoms with E-state index in [4.69, 9.17) is 0 Å². The zero-order valence-corrected chi connectivity index (χ0v) is 19.0. The second-order valence-corrected chi connectivity index (χ2v) is 10.00. The minimum atomic E-state index is -0.644. The van der Waals surface area contributed by atoms with E-state index in [0.29, 0.717) is 11.8 Å². The third kappa shape index (κ3) is 2.94. The van der Waals surface area contributed by atoms with Crippen LogP contribution in [0, 0.1) is 19.8 Å². The number of nitrogens with zero attached hydrogens (tertiary/aromatic N) is 2. The van der Waals surface area contributed by atoms with Crippen molar-refractivity contribution in [3.8, 4) is 11.4 Å². The standard InChI is InChI=1S/C29H35N2/c1-20-12-6-10-18-25(20)30-21(2)28-27(22-13-7-8-14-22)24-17-9-11-19-26(24)31(28)29(30)23-15-4-3-5-16-23/h6,9-12,17-19,22-23,27H,3-5,7-8,13-16H2,1-2H3/q+1/i27D. The summed E-state index contributed by atoms with van der Waals surface area (Å²) in [7, 11) is 0. The molecule has 2 heteroatoms. The Morgan fingerprint density at radius 2 is 1.52 bits per heavy atom. The van der Waals surface area contributed by atoms with Crippen molar-refractivity contribution in [3.63, 3.8) is 0 Å². The molecule has 2 saturated carbocycles. The second kappa shape index (κ2) is 7.65. The molecule has 0 spiro atoms. The Bertz CT molecular complexity index is 1160. The highest BCUT2D eigenvalue weighted by atomic mass is 15.2. The molecule has 0 N–H and O–H groups in total. The molecule has 0 radical (unpaired) electrons. The molecule has 31 heavy (non-hydrogen) atoms. The molecule has 0 amide bonds. The molecule has 2 heterocycles. The summed E-state index contributed by atoms with van der Waals surface area (Å²) >= 11 is 0. The van der Waals surface area contributed by atoms with Gasteiger partial charge in [-0.05, 0) is 56.2 Å². The molecular formula is C29H35N2+. The quantitative estimate of drug-likeness (QED) is 0.407. The number of hydrogen-bond donors (Lipinski definition) is 0. The molecule has 1 aliphatic heterocycles. The molecule has 1 aromatic heterocycles. The first-order chi connectivity index (χ1) is 15.6. The first kappa shape index (κ1) is 18.2. The van der Waals surface area contributed by atoms with E-state index in [-0.39, 0.29) is 0 Å². The van der Waals surface area contributed by atoms with Crippen LogP contribution in [0.3, 0.4) is 0 Å². The molecule has 2 aromatic carbocycles. The van der Waals surface area contributed by atoms with Gasteiger partial charge in [0.15, 0.2) is 5.69 Å². The SMILES string of the molecule is [2H]C1(C2CCCC2)c2ccccc2-n2c1c(C)[n+](-c1ccccc1C)c2C1CCCCC1. The van der Waals surface area contributed by atoms with Crippen LogP contribution in [-0.2, 0) is 0 Å². The summed E-state index contributed by atoms with van der Waals surface area (Å²) in [6.07, 6.45) is 11.4. The third-order valence-corrected chi connectivity index (χ3v) is 8.14. The zero-order chi connectivity index (χ0) is 21.9. The van der Waals surface area contributed by atoms with Gasteiger partial charge < -0.3 is 0 Å². The van der Waals surface area contributed by atoms with Crippen molar-refractivity contribution in [1.29, 1.82) is 0 Å². The fourth-order valence-electron chi connectivity index (χ4n) is 6.71. The normalized spacial score (nSPS) is 24.3. The number of rotatable bonds is 3. The van der Waals surface area contributed by atoms with E-state index in [0.717, 1.165) is 0 Å². The number of aryl methyl sites for hydroxylation is 1. The van der Waals surface area contributed by atoms with Crippen LogP contribution in [0.4, 0.5) is 0 Å². The van der Waals surface area contributed by atoms with Gasteiger partial charge in [-0.2, -0.15) is 9.13 Å². The molecule has 6 rings (SSSR count). The van der Waals surface area contributed by atoms with Crippen LogP contribution in [0.2, 0.25) is 0 Å². The van der Waals surface area contributed by atoms with Gasteiger partial charge >= 0.3 is 0 Å². The molecular weight excluding hydrogens is 376 g/mol. The maximum atomic E-state index is 10.1. The van der Waals surface area contributed by atoms with Gasteiger partial charge in [0, 0.05) is 13.9 Å². The van der Waals surface area contributed by atoms with Crippen molar-refractivity contribution in [3.05, 3.63) is 76.9 Å². The van der Waals surface area contributed by atoms with Crippen LogP contribution in [-0.4, -0.2) is 4.57 Å². The molecule has 160 valence electrons. The van der Waals surface area contributed by atoms with Gasteiger partial charge in [-0.25, -0.2) is 0 Å². The molecule has 2 fully saturated rings. The highest BCUT2D eigenvalue weighted by Crippen LogP contribution is 2.50. The Balaban J connectivity index is 1.69. The lowest BCUT2D eigenvalue weighted by Crippen LogP contribution is -2.40. The summed E-state index contributed by atoms with van der Waals surface area (Å²) in [6.45, 7) is 4.52. The summed E-state index contributed by atoms with van der Waals surface area (Å²) in [5, 5.41) is 0. The van der Waals surface area contributed by atoms with E-state index >= 15 is 0 Å². The average Bonchev–Trinajstić information content (AvgIpc) is 3.52. The van der Waals surface area contributed by atoms with E-state index in [1.54, 1.807) is 0 Å². The zero-order valence-electron chi connectivity index (χ0n) is 20.0. The second-order valence-electron chi connectivity index (χ2n) is 10.00. The Morgan fingerprint density at radius 1 is 0.839 bits per heavy atom. The first-order valence-corrected chi connectivity index (χ1v) is 12.5. The van der Waals surface area contributed by atoms with Gasteiger partial charge in [0.25, 0.3) is 5.82 Å². The van der Waals surface area contributed by atoms with Crippen molar-refractivity contribution in [2.75, 3.05) is 0 Å². The van der Waals surface area contributed by atoms with Crippen LogP contribution in [0.5, 0.6) is 0 Å². The van der Waals surface area contributed by atoms with Crippen molar-refractivity contribution < 1.29 is 5.94 Å². The fraction of sp³-hybridized carbons (Fsp3) is 0.483. The van der Waals surface area contributed by atoms with E-state index in [9.17, 15) is 1.37 Å². The Kier molecular flexibility index (Phi) is 4.50. The molecule has 0 bridgehead atoms. The molecule has 1 unspecified atom stereocenters. The Morgan fingerprint density at radius 3 is 2.29 bits per heavy atom. The van der Waals surface area contributed by atoms with E-state index in [1.807, 2.05) is 0 Å². The highest BCUT2D eigenvalue weighted by Gasteiger charge is 2.47. The number of imidazole rings is 1. The van der Waals surface area contributed by atoms with Gasteiger partial charge in [-0.1, -0.05) is 68.5 Å². The van der Waals surface area contributed by atoms with Crippen molar-refractivity contribution in [1.82, 2.24) is 4.57 Å². The number of para-hydroxylation sites is 2. The maximum Gasteiger partial charge on any atom is 0.270 e. The van der Waals surface area contributed by atoms with Crippen LogP contribution >= 0.6 is 0 Å². The third-order valence-electron chi connectivity index (χ3n) is 8.14. The summed E-state index contributed by atoms with van der Waals surface area (Å²) in [4.78, 5) is 0. The summed E-state index contributed by atoms with van der Waals surface area (Å²) < 4.78 is 15.2. The first-order valence-electron chi connectivity index (χ1n) is 13.0. The molecule has 2 aliphatic carbocycles. The van der Waals surface area contributed by atoms with Crippen LogP contribution in [0.15, 0.2) is 48.5 Å². The predicted molar refractivity (Wildman–Crippen MR) is 126 cm³/mol. The smallest absolute Gasteiger partial charge is 0.196 e. The average molecular weight is 413 g/mol. The molecule has 3 aromatic rings. The van der Waals surface area contributed by atoms with Gasteiger partial charge in [0.05, 0.1) is 11.8 Å². The van der Waals surface area contributed by atoms with Crippen molar-refractivity contribution >= 4 is 0 Å². The number of aromatic nitrogens is 2. The van der Waals surface area contributed by atoms with Gasteiger partial charge in [-0.3, -0.25) is 0 Å². The number of benzene rings is 2. The van der Waals surface area contributed by atoms with E-state index in [2.05, 4.69) is 71.5 Å². The van der Waals surface area contributed by atoms with Crippen LogP contribution in [0.25, 0.3) is 11.4 Å². The van der Waals surface area contributed by atoms with Gasteiger partial charge in [-0.15, -0.1) is 0 Å². The summed E-state index contributed by atoms with van der Waals surface area (Å²) in [6, 6.07) is 17.7. The van der Waals surface area contributed by atoms with Crippen molar-refractivity contribution in [2.24, 2.45) is 5.92 Å². The molecule has 2 nitrogen and oxygen atoms in total. The molecule has 3 aliphatic rings. The number of fused-ring (bicyclic) bond motifs is 3. The molecule has 0 saturated heterocycles. The van der Waals surface area contributed by atoms with E-state index < -0.39 is 5.89 Å². The Labute approximate surface area is 188 Å². The Hall–Kier alpha value is -2.35. The van der Waals surface area contributed by atoms with Gasteiger partial charge in [0.2, 0.25) is 0 Å². The lowest BCUT2D eigenvalue weighted by molar-refractivity contribution is -0.613. The monoisotopic (exact) mass is 412 g/mol.